The zero-order valence-corrected chi connectivity index (χ0v) is 9.82. The molecular weight excluding hydrogens is 260 g/mol. The number of nitrogens with zero attached hydrogens (tertiary/aromatic N) is 1. The van der Waals surface area contributed by atoms with Crippen LogP contribution >= 0.6 is 15.9 Å². The fourth-order valence-corrected chi connectivity index (χ4v) is 1.34. The van der Waals surface area contributed by atoms with Crippen LogP contribution in [-0.2, 0) is 9.53 Å². The number of carbonyl (C=O) groups excluding carboxylic acids is 1. The number of carbonyl (C=O) groups is 1. The summed E-state index contributed by atoms with van der Waals surface area (Å²) in [5, 5.41) is 1.18. The lowest BCUT2D eigenvalue weighted by molar-refractivity contribution is -0.128. The molecule has 0 aliphatic rings. The van der Waals surface area contributed by atoms with Crippen LogP contribution in [0.5, 0.6) is 0 Å². The van der Waals surface area contributed by atoms with Crippen LogP contribution in [0.4, 0.5) is 0 Å². The number of aromatic amines is 1. The Hall–Kier alpha value is -1.36. The zero-order chi connectivity index (χ0) is 11.1. The Morgan fingerprint density at radius 3 is 3.07 bits per heavy atom. The number of rotatable bonds is 2. The van der Waals surface area contributed by atoms with Crippen molar-refractivity contribution >= 4 is 33.3 Å². The Balaban J connectivity index is 0.000000195. The first kappa shape index (κ1) is 11.7. The minimum atomic E-state index is 0.431. The van der Waals surface area contributed by atoms with E-state index in [0.29, 0.717) is 13.1 Å². The maximum atomic E-state index is 9.18. The number of halogens is 1. The van der Waals surface area contributed by atoms with E-state index in [1.165, 1.54) is 5.39 Å². The minimum Gasteiger partial charge on any atom is -0.468 e. The number of pyridine rings is 1. The molecule has 0 amide bonds. The van der Waals surface area contributed by atoms with Gasteiger partial charge in [-0.3, -0.25) is 4.79 Å². The van der Waals surface area contributed by atoms with Crippen LogP contribution in [0, 0.1) is 0 Å². The highest BCUT2D eigenvalue weighted by molar-refractivity contribution is 9.10. The Bertz CT molecular complexity index is 428. The lowest BCUT2D eigenvalue weighted by Crippen LogP contribution is -1.80. The highest BCUT2D eigenvalue weighted by Gasteiger charge is 1.93. The van der Waals surface area contributed by atoms with E-state index in [4.69, 9.17) is 0 Å². The van der Waals surface area contributed by atoms with Gasteiger partial charge in [0.1, 0.15) is 4.60 Å². The van der Waals surface area contributed by atoms with Gasteiger partial charge in [0.2, 0.25) is 0 Å². The van der Waals surface area contributed by atoms with Crippen molar-refractivity contribution in [3.63, 3.8) is 0 Å². The van der Waals surface area contributed by atoms with Gasteiger partial charge >= 0.3 is 0 Å². The van der Waals surface area contributed by atoms with Gasteiger partial charge in [-0.25, -0.2) is 4.98 Å². The van der Waals surface area contributed by atoms with Crippen molar-refractivity contribution in [3.05, 3.63) is 29.1 Å². The fraction of sp³-hybridized carbons (Fsp3) is 0.200. The van der Waals surface area contributed by atoms with Gasteiger partial charge in [-0.15, -0.1) is 0 Å². The van der Waals surface area contributed by atoms with Gasteiger partial charge in [-0.1, -0.05) is 0 Å². The quantitative estimate of drug-likeness (QED) is 0.674. The maximum Gasteiger partial charge on any atom is 0.293 e. The Morgan fingerprint density at radius 2 is 2.47 bits per heavy atom. The molecule has 0 radical (unpaired) electrons. The van der Waals surface area contributed by atoms with E-state index >= 15 is 0 Å². The normalized spacial score (nSPS) is 9.20. The maximum absolute atomic E-state index is 9.18. The highest BCUT2D eigenvalue weighted by atomic mass is 79.9. The van der Waals surface area contributed by atoms with Gasteiger partial charge < -0.3 is 9.72 Å². The molecule has 0 aliphatic carbocycles. The third kappa shape index (κ3) is 3.71. The summed E-state index contributed by atoms with van der Waals surface area (Å²) in [5.41, 5.74) is 1.07. The molecule has 1 N–H and O–H groups in total. The molecule has 2 rings (SSSR count). The van der Waals surface area contributed by atoms with Crippen molar-refractivity contribution in [2.45, 2.75) is 6.92 Å². The Morgan fingerprint density at radius 1 is 1.67 bits per heavy atom. The first-order chi connectivity index (χ1) is 7.27. The summed E-state index contributed by atoms with van der Waals surface area (Å²) in [4.78, 5) is 16.3. The van der Waals surface area contributed by atoms with Gasteiger partial charge in [0.25, 0.3) is 6.47 Å². The average Bonchev–Trinajstić information content (AvgIpc) is 2.67. The van der Waals surface area contributed by atoms with Crippen molar-refractivity contribution in [1.82, 2.24) is 9.97 Å². The molecule has 0 unspecified atom stereocenters. The molecule has 4 nitrogen and oxygen atoms in total. The fourth-order valence-electron chi connectivity index (χ4n) is 0.992. The first-order valence-electron chi connectivity index (χ1n) is 4.41. The molecule has 0 bridgehead atoms. The SMILES string of the molecule is Brc1cc2cc[nH]c2cn1.CCOC=O. The number of hydrogen-bond acceptors (Lipinski definition) is 3. The number of aromatic nitrogens is 2. The van der Waals surface area contributed by atoms with Crippen LogP contribution in [-0.4, -0.2) is 23.0 Å². The molecule has 0 atom stereocenters. The van der Waals surface area contributed by atoms with Crippen LogP contribution in [0.15, 0.2) is 29.1 Å². The highest BCUT2D eigenvalue weighted by Crippen LogP contribution is 2.14. The average molecular weight is 271 g/mol. The second kappa shape index (κ2) is 6.19. The van der Waals surface area contributed by atoms with Crippen LogP contribution in [0.25, 0.3) is 10.9 Å². The molecule has 2 heterocycles. The number of hydrogen-bond donors (Lipinski definition) is 1. The molecular formula is C10H11BrN2O2. The minimum absolute atomic E-state index is 0.431. The van der Waals surface area contributed by atoms with E-state index in [9.17, 15) is 4.79 Å². The molecule has 15 heavy (non-hydrogen) atoms. The molecule has 0 aromatic carbocycles. The molecule has 0 aliphatic heterocycles. The summed E-state index contributed by atoms with van der Waals surface area (Å²) in [7, 11) is 0. The summed E-state index contributed by atoms with van der Waals surface area (Å²) < 4.78 is 5.03. The van der Waals surface area contributed by atoms with Crippen molar-refractivity contribution in [2.24, 2.45) is 0 Å². The van der Waals surface area contributed by atoms with Gasteiger partial charge in [0.15, 0.2) is 0 Å². The molecule has 5 heteroatoms. The second-order valence-corrected chi connectivity index (χ2v) is 3.44. The Kier molecular flexibility index (Phi) is 4.83. The third-order valence-electron chi connectivity index (χ3n) is 1.64. The molecule has 0 spiro atoms. The van der Waals surface area contributed by atoms with E-state index in [0.717, 1.165) is 10.1 Å². The summed E-state index contributed by atoms with van der Waals surface area (Å²) in [6.45, 7) is 2.66. The summed E-state index contributed by atoms with van der Waals surface area (Å²) in [6.07, 6.45) is 3.71. The van der Waals surface area contributed by atoms with Crippen molar-refractivity contribution in [2.75, 3.05) is 6.61 Å². The number of ether oxygens (including phenoxy) is 1. The molecule has 0 saturated carbocycles. The third-order valence-corrected chi connectivity index (χ3v) is 2.07. The van der Waals surface area contributed by atoms with Crippen molar-refractivity contribution in [3.8, 4) is 0 Å². The van der Waals surface area contributed by atoms with E-state index in [1.54, 1.807) is 13.1 Å². The van der Waals surface area contributed by atoms with Crippen molar-refractivity contribution < 1.29 is 9.53 Å². The van der Waals surface area contributed by atoms with Gasteiger partial charge in [0, 0.05) is 11.6 Å². The number of fused-ring (bicyclic) bond motifs is 1. The van der Waals surface area contributed by atoms with Crippen LogP contribution in [0.1, 0.15) is 6.92 Å². The summed E-state index contributed by atoms with van der Waals surface area (Å²) >= 11 is 3.29. The van der Waals surface area contributed by atoms with Gasteiger partial charge in [-0.2, -0.15) is 0 Å². The number of H-pyrrole nitrogens is 1. The molecule has 2 aromatic heterocycles. The van der Waals surface area contributed by atoms with E-state index in [2.05, 4.69) is 30.6 Å². The lowest BCUT2D eigenvalue weighted by atomic mass is 10.3. The van der Waals surface area contributed by atoms with Crippen LogP contribution in [0.3, 0.4) is 0 Å². The van der Waals surface area contributed by atoms with Crippen LogP contribution in [0.2, 0.25) is 0 Å². The monoisotopic (exact) mass is 270 g/mol. The second-order valence-electron chi connectivity index (χ2n) is 2.62. The predicted octanol–water partition coefficient (Wildman–Crippen LogP) is 2.50. The molecule has 0 fully saturated rings. The topological polar surface area (TPSA) is 55.0 Å². The molecule has 80 valence electrons. The lowest BCUT2D eigenvalue weighted by Gasteiger charge is -1.88. The van der Waals surface area contributed by atoms with Gasteiger partial charge in [0.05, 0.1) is 18.3 Å². The molecule has 0 saturated heterocycles. The smallest absolute Gasteiger partial charge is 0.293 e. The van der Waals surface area contributed by atoms with E-state index < -0.39 is 0 Å². The first-order valence-corrected chi connectivity index (χ1v) is 5.21. The van der Waals surface area contributed by atoms with E-state index in [1.807, 2.05) is 18.3 Å². The Labute approximate surface area is 95.8 Å². The molecule has 2 aromatic rings. The zero-order valence-electron chi connectivity index (χ0n) is 8.24. The largest absolute Gasteiger partial charge is 0.468 e. The summed E-state index contributed by atoms with van der Waals surface area (Å²) in [5.74, 6) is 0. The predicted molar refractivity (Wildman–Crippen MR) is 61.5 cm³/mol. The van der Waals surface area contributed by atoms with Crippen LogP contribution < -0.4 is 0 Å². The standard InChI is InChI=1S/C7H5BrN2.C3H6O2/c8-7-3-5-1-2-9-6(5)4-10-7;1-2-5-3-4/h1-4,9H;3H,2H2,1H3. The van der Waals surface area contributed by atoms with Crippen molar-refractivity contribution in [1.29, 1.82) is 0 Å². The van der Waals surface area contributed by atoms with Gasteiger partial charge in [-0.05, 0) is 35.0 Å². The van der Waals surface area contributed by atoms with E-state index in [-0.39, 0.29) is 0 Å². The summed E-state index contributed by atoms with van der Waals surface area (Å²) in [6, 6.07) is 3.99. The number of nitrogens with one attached hydrogen (secondary N) is 1.